The van der Waals surface area contributed by atoms with Crippen LogP contribution in [0.4, 0.5) is 10.2 Å². The maximum absolute atomic E-state index is 13.9. The number of nitrogens with zero attached hydrogens (tertiary/aromatic N) is 1. The van der Waals surface area contributed by atoms with Crippen molar-refractivity contribution in [3.63, 3.8) is 0 Å². The van der Waals surface area contributed by atoms with E-state index in [1.165, 1.54) is 0 Å². The maximum Gasteiger partial charge on any atom is 0.146 e. The van der Waals surface area contributed by atoms with Crippen LogP contribution < -0.4 is 5.73 Å². The van der Waals surface area contributed by atoms with Gasteiger partial charge in [0.25, 0.3) is 0 Å². The van der Waals surface area contributed by atoms with Gasteiger partial charge in [0.1, 0.15) is 11.6 Å². The molecule has 0 saturated carbocycles. The van der Waals surface area contributed by atoms with E-state index >= 15 is 0 Å². The number of anilines is 1. The van der Waals surface area contributed by atoms with Crippen LogP contribution in [0.25, 0.3) is 0 Å². The summed E-state index contributed by atoms with van der Waals surface area (Å²) < 4.78 is 14.4. The monoisotopic (exact) mass is 314 g/mol. The van der Waals surface area contributed by atoms with Gasteiger partial charge in [0.2, 0.25) is 0 Å². The van der Waals surface area contributed by atoms with Crippen LogP contribution in [0.1, 0.15) is 11.1 Å². The Hall–Kier alpha value is -1.13. The fraction of sp³-hybridized carbons (Fsp3) is 0.0833. The molecular weight excluding hydrogens is 307 g/mol. The van der Waals surface area contributed by atoms with Crippen molar-refractivity contribution in [2.75, 3.05) is 5.73 Å². The molecule has 0 aliphatic rings. The Morgan fingerprint density at radius 3 is 2.76 bits per heavy atom. The van der Waals surface area contributed by atoms with E-state index in [0.29, 0.717) is 22.3 Å². The van der Waals surface area contributed by atoms with Crippen LogP contribution >= 0.6 is 27.5 Å². The highest BCUT2D eigenvalue weighted by Gasteiger charge is 2.11. The second kappa shape index (κ2) is 5.02. The van der Waals surface area contributed by atoms with Crippen LogP contribution in [0.5, 0.6) is 0 Å². The lowest BCUT2D eigenvalue weighted by molar-refractivity contribution is 0.613. The Morgan fingerprint density at radius 2 is 2.06 bits per heavy atom. The molecule has 88 valence electrons. The minimum atomic E-state index is -0.427. The zero-order valence-electron chi connectivity index (χ0n) is 8.75. The fourth-order valence-corrected chi connectivity index (χ4v) is 2.00. The Morgan fingerprint density at radius 1 is 1.29 bits per heavy atom. The van der Waals surface area contributed by atoms with Crippen LogP contribution in [0.3, 0.4) is 0 Å². The third-order valence-electron chi connectivity index (χ3n) is 2.42. The molecule has 1 aromatic carbocycles. The van der Waals surface area contributed by atoms with Gasteiger partial charge in [-0.2, -0.15) is 0 Å². The van der Waals surface area contributed by atoms with Gasteiger partial charge >= 0.3 is 0 Å². The molecule has 0 aliphatic heterocycles. The number of benzene rings is 1. The van der Waals surface area contributed by atoms with Crippen molar-refractivity contribution in [1.82, 2.24) is 4.98 Å². The van der Waals surface area contributed by atoms with E-state index < -0.39 is 5.82 Å². The topological polar surface area (TPSA) is 38.9 Å². The number of hydrogen-bond acceptors (Lipinski definition) is 2. The summed E-state index contributed by atoms with van der Waals surface area (Å²) in [6, 6.07) is 6.98. The highest BCUT2D eigenvalue weighted by molar-refractivity contribution is 9.10. The zero-order valence-corrected chi connectivity index (χ0v) is 11.1. The number of rotatable bonds is 2. The van der Waals surface area contributed by atoms with Gasteiger partial charge in [0.05, 0.1) is 5.02 Å². The number of aromatic nitrogens is 1. The number of nitrogen functional groups attached to an aromatic ring is 1. The molecule has 0 fully saturated rings. The summed E-state index contributed by atoms with van der Waals surface area (Å²) >= 11 is 8.99. The fourth-order valence-electron chi connectivity index (χ4n) is 1.51. The van der Waals surface area contributed by atoms with E-state index in [9.17, 15) is 4.39 Å². The molecule has 2 rings (SSSR count). The zero-order chi connectivity index (χ0) is 12.4. The predicted octanol–water partition coefficient (Wildman–Crippen LogP) is 3.81. The molecule has 0 bridgehead atoms. The van der Waals surface area contributed by atoms with Crippen molar-refractivity contribution in [3.8, 4) is 0 Å². The van der Waals surface area contributed by atoms with Crippen molar-refractivity contribution in [2.24, 2.45) is 0 Å². The van der Waals surface area contributed by atoms with Gasteiger partial charge in [0, 0.05) is 17.1 Å². The highest BCUT2D eigenvalue weighted by atomic mass is 79.9. The molecule has 1 aromatic heterocycles. The lowest BCUT2D eigenvalue weighted by atomic mass is 10.1. The van der Waals surface area contributed by atoms with Crippen molar-refractivity contribution in [2.45, 2.75) is 6.42 Å². The first-order chi connectivity index (χ1) is 8.09. The minimum Gasteiger partial charge on any atom is -0.383 e. The van der Waals surface area contributed by atoms with Crippen LogP contribution in [0.15, 0.2) is 34.9 Å². The molecule has 1 heterocycles. The molecule has 2 nitrogen and oxygen atoms in total. The van der Waals surface area contributed by atoms with Gasteiger partial charge in [-0.3, -0.25) is 0 Å². The molecule has 0 spiro atoms. The SMILES string of the molecule is Nc1ncccc1Cc1ccc(Br)c(Cl)c1F. The molecule has 17 heavy (non-hydrogen) atoms. The summed E-state index contributed by atoms with van der Waals surface area (Å²) in [5.41, 5.74) is 6.99. The largest absolute Gasteiger partial charge is 0.383 e. The Labute approximate surface area is 112 Å². The number of halogens is 3. The average molecular weight is 316 g/mol. The van der Waals surface area contributed by atoms with Gasteiger partial charge in [-0.05, 0) is 39.2 Å². The summed E-state index contributed by atoms with van der Waals surface area (Å²) in [7, 11) is 0. The van der Waals surface area contributed by atoms with Gasteiger partial charge < -0.3 is 5.73 Å². The van der Waals surface area contributed by atoms with Crippen LogP contribution in [-0.2, 0) is 6.42 Å². The van der Waals surface area contributed by atoms with Gasteiger partial charge in [-0.1, -0.05) is 23.7 Å². The molecule has 0 saturated heterocycles. The molecule has 0 radical (unpaired) electrons. The Balaban J connectivity index is 2.38. The molecule has 0 unspecified atom stereocenters. The smallest absolute Gasteiger partial charge is 0.146 e. The Bertz CT molecular complexity index is 560. The number of pyridine rings is 1. The first kappa shape index (κ1) is 12.3. The normalized spacial score (nSPS) is 10.5. The highest BCUT2D eigenvalue weighted by Crippen LogP contribution is 2.29. The van der Waals surface area contributed by atoms with Crippen LogP contribution in [0.2, 0.25) is 5.02 Å². The summed E-state index contributed by atoms with van der Waals surface area (Å²) in [5.74, 6) is -0.0183. The van der Waals surface area contributed by atoms with Crippen molar-refractivity contribution in [3.05, 3.63) is 56.9 Å². The maximum atomic E-state index is 13.9. The molecule has 0 amide bonds. The van der Waals surface area contributed by atoms with E-state index in [4.69, 9.17) is 17.3 Å². The second-order valence-electron chi connectivity index (χ2n) is 3.56. The van der Waals surface area contributed by atoms with Crippen LogP contribution in [-0.4, -0.2) is 4.98 Å². The van der Waals surface area contributed by atoms with E-state index in [2.05, 4.69) is 20.9 Å². The lowest BCUT2D eigenvalue weighted by Crippen LogP contribution is -2.00. The molecule has 2 N–H and O–H groups in total. The summed E-state index contributed by atoms with van der Waals surface area (Å²) in [4.78, 5) is 3.96. The molecule has 0 aliphatic carbocycles. The summed E-state index contributed by atoms with van der Waals surface area (Å²) in [5, 5.41) is 0.0879. The van der Waals surface area contributed by atoms with Crippen molar-refractivity contribution < 1.29 is 4.39 Å². The second-order valence-corrected chi connectivity index (χ2v) is 4.79. The van der Waals surface area contributed by atoms with Crippen molar-refractivity contribution >= 4 is 33.3 Å². The van der Waals surface area contributed by atoms with E-state index in [1.807, 2.05) is 6.07 Å². The number of hydrogen-bond donors (Lipinski definition) is 1. The van der Waals surface area contributed by atoms with Gasteiger partial charge in [-0.25, -0.2) is 9.37 Å². The van der Waals surface area contributed by atoms with Crippen molar-refractivity contribution in [1.29, 1.82) is 0 Å². The van der Waals surface area contributed by atoms with E-state index in [-0.39, 0.29) is 5.02 Å². The van der Waals surface area contributed by atoms with Crippen LogP contribution in [0, 0.1) is 5.82 Å². The summed E-state index contributed by atoms with van der Waals surface area (Å²) in [6.07, 6.45) is 1.97. The molecule has 5 heteroatoms. The first-order valence-corrected chi connectivity index (χ1v) is 6.08. The molecular formula is C12H9BrClFN2. The predicted molar refractivity (Wildman–Crippen MR) is 70.6 cm³/mol. The Kier molecular flexibility index (Phi) is 3.64. The molecule has 2 aromatic rings. The first-order valence-electron chi connectivity index (χ1n) is 4.91. The average Bonchev–Trinajstić information content (AvgIpc) is 2.32. The van der Waals surface area contributed by atoms with Gasteiger partial charge in [0.15, 0.2) is 0 Å². The molecule has 0 atom stereocenters. The van der Waals surface area contributed by atoms with E-state index in [0.717, 1.165) is 5.56 Å². The third-order valence-corrected chi connectivity index (χ3v) is 3.68. The van der Waals surface area contributed by atoms with Gasteiger partial charge in [-0.15, -0.1) is 0 Å². The lowest BCUT2D eigenvalue weighted by Gasteiger charge is -2.07. The minimum absolute atomic E-state index is 0.0879. The quantitative estimate of drug-likeness (QED) is 0.856. The standard InChI is InChI=1S/C12H9BrClFN2/c13-9-4-3-7(11(15)10(9)14)6-8-2-1-5-17-12(8)16/h1-5H,6H2,(H2,16,17). The third kappa shape index (κ3) is 2.58. The van der Waals surface area contributed by atoms with E-state index in [1.54, 1.807) is 24.4 Å². The summed E-state index contributed by atoms with van der Waals surface area (Å²) in [6.45, 7) is 0. The number of nitrogens with two attached hydrogens (primary N) is 1.